The van der Waals surface area contributed by atoms with Crippen LogP contribution in [0.25, 0.3) is 0 Å². The maximum Gasteiger partial charge on any atom is 0.241 e. The van der Waals surface area contributed by atoms with Gasteiger partial charge in [-0.15, -0.1) is 0 Å². The fraction of sp³-hybridized carbons (Fsp3) is 0.571. The fourth-order valence-electron chi connectivity index (χ4n) is 2.57. The minimum Gasteiger partial charge on any atom is -0.497 e. The molecule has 2 N–H and O–H groups in total. The Bertz CT molecular complexity index is 589. The Morgan fingerprint density at radius 2 is 2.24 bits per heavy atom. The van der Waals surface area contributed by atoms with E-state index in [4.69, 9.17) is 9.84 Å². The highest BCUT2D eigenvalue weighted by Crippen LogP contribution is 2.23. The zero-order valence-corrected chi connectivity index (χ0v) is 13.2. The molecule has 7 heteroatoms. The molecule has 21 heavy (non-hydrogen) atoms. The van der Waals surface area contributed by atoms with Crippen LogP contribution in [-0.2, 0) is 16.4 Å². The summed E-state index contributed by atoms with van der Waals surface area (Å²) in [6, 6.07) is 4.75. The van der Waals surface area contributed by atoms with Gasteiger partial charge in [0.05, 0.1) is 12.0 Å². The number of benzene rings is 1. The molecule has 1 heterocycles. The van der Waals surface area contributed by atoms with E-state index in [1.165, 1.54) is 13.2 Å². The summed E-state index contributed by atoms with van der Waals surface area (Å²) in [6.45, 7) is 1.49. The molecule has 6 nitrogen and oxygen atoms in total. The lowest BCUT2D eigenvalue weighted by molar-refractivity contribution is 0.298. The van der Waals surface area contributed by atoms with Gasteiger partial charge in [0.1, 0.15) is 5.75 Å². The van der Waals surface area contributed by atoms with Crippen molar-refractivity contribution in [2.45, 2.75) is 23.8 Å². The third-order valence-electron chi connectivity index (χ3n) is 3.65. The van der Waals surface area contributed by atoms with E-state index in [9.17, 15) is 8.42 Å². The lowest BCUT2D eigenvalue weighted by Crippen LogP contribution is -2.36. The number of ether oxygens (including phenoxy) is 1. The van der Waals surface area contributed by atoms with Gasteiger partial charge in [-0.25, -0.2) is 13.1 Å². The first-order chi connectivity index (χ1) is 9.96. The summed E-state index contributed by atoms with van der Waals surface area (Å²) < 4.78 is 32.9. The molecule has 1 fully saturated rings. The van der Waals surface area contributed by atoms with Crippen molar-refractivity contribution in [3.8, 4) is 5.75 Å². The predicted octanol–water partition coefficient (Wildman–Crippen LogP) is 0.212. The van der Waals surface area contributed by atoms with Crippen molar-refractivity contribution in [2.75, 3.05) is 33.9 Å². The molecule has 0 bridgehead atoms. The third kappa shape index (κ3) is 3.94. The lowest BCUT2D eigenvalue weighted by Gasteiger charge is -2.16. The van der Waals surface area contributed by atoms with Crippen molar-refractivity contribution in [3.63, 3.8) is 0 Å². The molecule has 1 unspecified atom stereocenters. The van der Waals surface area contributed by atoms with Crippen molar-refractivity contribution >= 4 is 10.0 Å². The molecule has 1 aromatic rings. The van der Waals surface area contributed by atoms with Crippen molar-refractivity contribution in [2.24, 2.45) is 0 Å². The number of nitrogens with zero attached hydrogens (tertiary/aromatic N) is 1. The molecule has 1 saturated heterocycles. The van der Waals surface area contributed by atoms with Crippen LogP contribution in [-0.4, -0.2) is 58.3 Å². The molecular formula is C14H22N2O4S. The molecule has 0 amide bonds. The standard InChI is InChI=1S/C14H22N2O4S/c1-16-7-5-12(10-16)15-21(18,19)14-4-3-13(20-2)9-11(14)6-8-17/h3-4,9,12,15,17H,5-8,10H2,1-2H3. The first kappa shape index (κ1) is 16.2. The van der Waals surface area contributed by atoms with Crippen LogP contribution in [0.4, 0.5) is 0 Å². The highest BCUT2D eigenvalue weighted by atomic mass is 32.2. The number of hydrogen-bond acceptors (Lipinski definition) is 5. The van der Waals surface area contributed by atoms with E-state index in [-0.39, 0.29) is 24.0 Å². The van der Waals surface area contributed by atoms with Gasteiger partial charge in [-0.1, -0.05) is 0 Å². The second-order valence-corrected chi connectivity index (χ2v) is 7.00. The van der Waals surface area contributed by atoms with Crippen LogP contribution in [0.2, 0.25) is 0 Å². The minimum atomic E-state index is -3.59. The highest BCUT2D eigenvalue weighted by molar-refractivity contribution is 7.89. The first-order valence-corrected chi connectivity index (χ1v) is 8.43. The zero-order valence-electron chi connectivity index (χ0n) is 12.4. The molecule has 0 aliphatic carbocycles. The average molecular weight is 314 g/mol. The van der Waals surface area contributed by atoms with Crippen LogP contribution in [0.1, 0.15) is 12.0 Å². The molecule has 0 spiro atoms. The maximum atomic E-state index is 12.5. The molecule has 0 radical (unpaired) electrons. The Labute approximate surface area is 125 Å². The van der Waals surface area contributed by atoms with Crippen molar-refractivity contribution in [1.29, 1.82) is 0 Å². The van der Waals surface area contributed by atoms with E-state index >= 15 is 0 Å². The number of sulfonamides is 1. The van der Waals surface area contributed by atoms with Gasteiger partial charge in [-0.3, -0.25) is 0 Å². The van der Waals surface area contributed by atoms with Crippen LogP contribution in [0, 0.1) is 0 Å². The third-order valence-corrected chi connectivity index (χ3v) is 5.27. The number of hydrogen-bond donors (Lipinski definition) is 2. The molecule has 1 aliphatic rings. The van der Waals surface area contributed by atoms with Gasteiger partial charge in [0.15, 0.2) is 0 Å². The predicted molar refractivity (Wildman–Crippen MR) is 80.0 cm³/mol. The van der Waals surface area contributed by atoms with E-state index in [0.29, 0.717) is 17.9 Å². The number of likely N-dealkylation sites (N-methyl/N-ethyl adjacent to an activating group) is 1. The Morgan fingerprint density at radius 3 is 2.81 bits per heavy atom. The summed E-state index contributed by atoms with van der Waals surface area (Å²) in [4.78, 5) is 2.31. The Hall–Kier alpha value is -1.15. The second kappa shape index (κ2) is 6.74. The number of rotatable bonds is 6. The minimum absolute atomic E-state index is 0.0657. The smallest absolute Gasteiger partial charge is 0.241 e. The molecule has 0 aromatic heterocycles. The van der Waals surface area contributed by atoms with Gasteiger partial charge in [-0.05, 0) is 50.2 Å². The van der Waals surface area contributed by atoms with Gasteiger partial charge < -0.3 is 14.7 Å². The normalized spacial score (nSPS) is 19.9. The zero-order chi connectivity index (χ0) is 15.5. The highest BCUT2D eigenvalue weighted by Gasteiger charge is 2.27. The van der Waals surface area contributed by atoms with Gasteiger partial charge in [0.2, 0.25) is 10.0 Å². The number of nitrogens with one attached hydrogen (secondary N) is 1. The average Bonchev–Trinajstić information content (AvgIpc) is 2.83. The fourth-order valence-corrected chi connectivity index (χ4v) is 4.09. The first-order valence-electron chi connectivity index (χ1n) is 6.95. The van der Waals surface area contributed by atoms with E-state index < -0.39 is 10.0 Å². The summed E-state index contributed by atoms with van der Waals surface area (Å²) >= 11 is 0. The Kier molecular flexibility index (Phi) is 5.21. The van der Waals surface area contributed by atoms with Gasteiger partial charge in [-0.2, -0.15) is 0 Å². The molecule has 118 valence electrons. The summed E-state index contributed by atoms with van der Waals surface area (Å²) in [7, 11) is -0.0906. The molecule has 1 atom stereocenters. The van der Waals surface area contributed by atoms with E-state index in [1.807, 2.05) is 7.05 Å². The van der Waals surface area contributed by atoms with Crippen molar-refractivity contribution in [1.82, 2.24) is 9.62 Å². The van der Waals surface area contributed by atoms with E-state index in [0.717, 1.165) is 13.0 Å². The van der Waals surface area contributed by atoms with Crippen LogP contribution in [0.3, 0.4) is 0 Å². The summed E-state index contributed by atoms with van der Waals surface area (Å²) in [6.07, 6.45) is 1.08. The monoisotopic (exact) mass is 314 g/mol. The van der Waals surface area contributed by atoms with Gasteiger partial charge >= 0.3 is 0 Å². The van der Waals surface area contributed by atoms with Crippen LogP contribution in [0.15, 0.2) is 23.1 Å². The topological polar surface area (TPSA) is 78.9 Å². The number of aliphatic hydroxyl groups is 1. The number of methoxy groups -OCH3 is 1. The van der Waals surface area contributed by atoms with Gasteiger partial charge in [0.25, 0.3) is 0 Å². The van der Waals surface area contributed by atoms with Crippen LogP contribution >= 0.6 is 0 Å². The molecule has 1 aliphatic heterocycles. The number of likely N-dealkylation sites (tertiary alicyclic amines) is 1. The molecular weight excluding hydrogens is 292 g/mol. The summed E-state index contributed by atoms with van der Waals surface area (Å²) in [5.74, 6) is 0.581. The van der Waals surface area contributed by atoms with E-state index in [2.05, 4.69) is 9.62 Å². The Morgan fingerprint density at radius 1 is 1.48 bits per heavy atom. The van der Waals surface area contributed by atoms with Crippen molar-refractivity contribution < 1.29 is 18.3 Å². The molecule has 1 aromatic carbocycles. The number of aliphatic hydroxyl groups excluding tert-OH is 1. The van der Waals surface area contributed by atoms with Crippen molar-refractivity contribution in [3.05, 3.63) is 23.8 Å². The maximum absolute atomic E-state index is 12.5. The summed E-state index contributed by atoms with van der Waals surface area (Å²) in [5, 5.41) is 9.13. The lowest BCUT2D eigenvalue weighted by atomic mass is 10.1. The molecule has 2 rings (SSSR count). The quantitative estimate of drug-likeness (QED) is 0.785. The van der Waals surface area contributed by atoms with Crippen LogP contribution in [0.5, 0.6) is 5.75 Å². The van der Waals surface area contributed by atoms with E-state index in [1.54, 1.807) is 12.1 Å². The summed E-state index contributed by atoms with van der Waals surface area (Å²) in [5.41, 5.74) is 0.565. The van der Waals surface area contributed by atoms with Crippen LogP contribution < -0.4 is 9.46 Å². The van der Waals surface area contributed by atoms with Gasteiger partial charge in [0, 0.05) is 19.2 Å². The second-order valence-electron chi connectivity index (χ2n) is 5.32. The molecule has 0 saturated carbocycles. The largest absolute Gasteiger partial charge is 0.497 e. The Balaban J connectivity index is 2.26. The SMILES string of the molecule is COc1ccc(S(=O)(=O)NC2CCN(C)C2)c(CCO)c1.